The fourth-order valence-corrected chi connectivity index (χ4v) is 2.66. The van der Waals surface area contributed by atoms with Gasteiger partial charge in [-0.2, -0.15) is 8.60 Å². The number of anilines is 1. The number of halogens is 2. The van der Waals surface area contributed by atoms with Gasteiger partial charge >= 0.3 is 11.4 Å². The molecular formula is C16H17F2NO4S. The molecule has 0 spiro atoms. The molecule has 8 heteroatoms. The van der Waals surface area contributed by atoms with E-state index in [0.29, 0.717) is 5.56 Å². The summed E-state index contributed by atoms with van der Waals surface area (Å²) in [6, 6.07) is 9.29. The lowest BCUT2D eigenvalue weighted by Crippen LogP contribution is -2.13. The fourth-order valence-electron chi connectivity index (χ4n) is 2.26. The van der Waals surface area contributed by atoms with Crippen molar-refractivity contribution < 1.29 is 26.5 Å². The average molecular weight is 357 g/mol. The Morgan fingerprint density at radius 1 is 1.25 bits per heavy atom. The largest absolute Gasteiger partial charge is 0.488 e. The van der Waals surface area contributed by atoms with E-state index in [9.17, 15) is 13.0 Å². The summed E-state index contributed by atoms with van der Waals surface area (Å²) < 4.78 is 57.1. The van der Waals surface area contributed by atoms with Crippen LogP contribution in [0.25, 0.3) is 0 Å². The van der Waals surface area contributed by atoms with Crippen LogP contribution < -0.4 is 10.5 Å². The predicted molar refractivity (Wildman–Crippen MR) is 86.7 cm³/mol. The number of nitrogen functional groups attached to an aromatic ring is 1. The summed E-state index contributed by atoms with van der Waals surface area (Å²) in [6.07, 6.45) is -0.595. The number of hydrogen-bond acceptors (Lipinski definition) is 4. The molecule has 2 aromatic carbocycles. The number of benzene rings is 2. The number of aryl methyl sites for hydroxylation is 1. The topological polar surface area (TPSA) is 81.8 Å². The molecule has 0 aliphatic rings. The maximum Gasteiger partial charge on any atom is 0.302 e. The van der Waals surface area contributed by atoms with Gasteiger partial charge in [-0.25, -0.2) is 4.39 Å². The average Bonchev–Trinajstić information content (AvgIpc) is 2.53. The van der Waals surface area contributed by atoms with Gasteiger partial charge in [0.2, 0.25) is 5.82 Å². The quantitative estimate of drug-likeness (QED) is 0.585. The Balaban J connectivity index is 2.11. The Morgan fingerprint density at radius 3 is 2.62 bits per heavy atom. The summed E-state index contributed by atoms with van der Waals surface area (Å²) in [5.74, 6) is -2.62. The molecule has 0 aliphatic heterocycles. The Morgan fingerprint density at radius 2 is 1.96 bits per heavy atom. The van der Waals surface area contributed by atoms with E-state index >= 15 is 0 Å². The normalized spacial score (nSPS) is 13.5. The number of ether oxygens (including phenoxy) is 1. The summed E-state index contributed by atoms with van der Waals surface area (Å²) >= 11 is -2.48. The van der Waals surface area contributed by atoms with Gasteiger partial charge in [-0.1, -0.05) is 24.3 Å². The number of hydrogen-bond donors (Lipinski definition) is 2. The van der Waals surface area contributed by atoms with Crippen molar-refractivity contribution in [3.05, 3.63) is 59.2 Å². The molecule has 0 bridgehead atoms. The maximum absolute atomic E-state index is 13.7. The van der Waals surface area contributed by atoms with Gasteiger partial charge in [0.1, 0.15) is 6.10 Å². The molecule has 0 radical (unpaired) electrons. The molecule has 2 unspecified atom stereocenters. The molecule has 0 aliphatic carbocycles. The van der Waals surface area contributed by atoms with Gasteiger partial charge in [-0.05, 0) is 30.2 Å². The minimum atomic E-state index is -2.48. The van der Waals surface area contributed by atoms with Gasteiger partial charge in [-0.15, -0.1) is 0 Å². The number of nitrogens with two attached hydrogens (primary N) is 1. The predicted octanol–water partition coefficient (Wildman–Crippen LogP) is 3.52. The van der Waals surface area contributed by atoms with Crippen molar-refractivity contribution in [2.24, 2.45) is 0 Å². The zero-order valence-corrected chi connectivity index (χ0v) is 13.7. The van der Waals surface area contributed by atoms with Crippen LogP contribution in [0, 0.1) is 18.6 Å². The molecule has 0 aromatic heterocycles. The van der Waals surface area contributed by atoms with Crippen molar-refractivity contribution in [3.63, 3.8) is 0 Å². The van der Waals surface area contributed by atoms with E-state index in [1.807, 2.05) is 19.1 Å². The highest BCUT2D eigenvalue weighted by Gasteiger charge is 2.19. The van der Waals surface area contributed by atoms with Gasteiger partial charge in [0.05, 0.1) is 12.3 Å². The standard InChI is InChI=1S/C16H17F2NO4S/c1-10-4-2-3-5-11(10)14(23-24(20)21)8-9-22-16-13(19)7-6-12(17)15(16)18/h2-7,14H,8-9,19H2,1H3,(H,20,21). The van der Waals surface area contributed by atoms with E-state index in [-0.39, 0.29) is 24.5 Å². The van der Waals surface area contributed by atoms with Crippen LogP contribution in [-0.4, -0.2) is 15.4 Å². The Bertz CT molecular complexity index is 742. The molecule has 130 valence electrons. The zero-order valence-electron chi connectivity index (χ0n) is 12.9. The van der Waals surface area contributed by atoms with Crippen molar-refractivity contribution >= 4 is 17.0 Å². The highest BCUT2D eigenvalue weighted by Crippen LogP contribution is 2.29. The van der Waals surface area contributed by atoms with E-state index in [0.717, 1.165) is 11.6 Å². The molecule has 0 saturated heterocycles. The van der Waals surface area contributed by atoms with Gasteiger partial charge in [-0.3, -0.25) is 8.74 Å². The molecule has 24 heavy (non-hydrogen) atoms. The Hall–Kier alpha value is -2.03. The SMILES string of the molecule is Cc1ccccc1C(CCOc1c(N)ccc(F)c1F)OS(=O)O. The molecule has 2 atom stereocenters. The van der Waals surface area contributed by atoms with Gasteiger partial charge in [0.25, 0.3) is 0 Å². The van der Waals surface area contributed by atoms with Crippen molar-refractivity contribution in [1.82, 2.24) is 0 Å². The lowest BCUT2D eigenvalue weighted by molar-refractivity contribution is 0.163. The minimum Gasteiger partial charge on any atom is -0.488 e. The fraction of sp³-hybridized carbons (Fsp3) is 0.250. The van der Waals surface area contributed by atoms with E-state index in [2.05, 4.69) is 0 Å². The lowest BCUT2D eigenvalue weighted by atomic mass is 10.0. The molecule has 3 N–H and O–H groups in total. The van der Waals surface area contributed by atoms with Crippen LogP contribution in [0.5, 0.6) is 5.75 Å². The minimum absolute atomic E-state index is 0.0343. The van der Waals surface area contributed by atoms with Crippen LogP contribution in [0.3, 0.4) is 0 Å². The second kappa shape index (κ2) is 8.18. The summed E-state index contributed by atoms with van der Waals surface area (Å²) in [7, 11) is 0. The van der Waals surface area contributed by atoms with E-state index in [1.165, 1.54) is 6.07 Å². The van der Waals surface area contributed by atoms with Crippen molar-refractivity contribution in [2.75, 3.05) is 12.3 Å². The molecule has 0 heterocycles. The third kappa shape index (κ3) is 4.50. The van der Waals surface area contributed by atoms with Gasteiger partial charge < -0.3 is 10.5 Å². The summed E-state index contributed by atoms with van der Waals surface area (Å²) in [4.78, 5) is 0. The lowest BCUT2D eigenvalue weighted by Gasteiger charge is -2.18. The van der Waals surface area contributed by atoms with E-state index in [4.69, 9.17) is 19.2 Å². The van der Waals surface area contributed by atoms with Crippen molar-refractivity contribution in [1.29, 1.82) is 0 Å². The highest BCUT2D eigenvalue weighted by atomic mass is 32.2. The summed E-state index contributed by atoms with van der Waals surface area (Å²) in [5, 5.41) is 0. The van der Waals surface area contributed by atoms with Crippen LogP contribution in [0.1, 0.15) is 23.7 Å². The maximum atomic E-state index is 13.7. The van der Waals surface area contributed by atoms with Crippen molar-refractivity contribution in [3.8, 4) is 5.75 Å². The second-order valence-electron chi connectivity index (χ2n) is 5.08. The Kier molecular flexibility index (Phi) is 6.24. The first-order valence-corrected chi connectivity index (χ1v) is 8.13. The highest BCUT2D eigenvalue weighted by molar-refractivity contribution is 7.74. The molecule has 2 aromatic rings. The summed E-state index contributed by atoms with van der Waals surface area (Å²) in [5.41, 5.74) is 7.11. The van der Waals surface area contributed by atoms with Crippen LogP contribution in [0.4, 0.5) is 14.5 Å². The first-order chi connectivity index (χ1) is 11.4. The van der Waals surface area contributed by atoms with Crippen LogP contribution in [0.2, 0.25) is 0 Å². The molecule has 0 amide bonds. The van der Waals surface area contributed by atoms with E-state index < -0.39 is 29.1 Å². The van der Waals surface area contributed by atoms with Gasteiger partial charge in [0.15, 0.2) is 11.6 Å². The van der Waals surface area contributed by atoms with Crippen LogP contribution in [0.15, 0.2) is 36.4 Å². The summed E-state index contributed by atoms with van der Waals surface area (Å²) in [6.45, 7) is 1.75. The first kappa shape index (κ1) is 18.3. The smallest absolute Gasteiger partial charge is 0.302 e. The first-order valence-electron chi connectivity index (χ1n) is 7.10. The third-order valence-corrected chi connectivity index (χ3v) is 3.84. The molecule has 0 fully saturated rings. The number of rotatable bonds is 7. The zero-order chi connectivity index (χ0) is 17.7. The van der Waals surface area contributed by atoms with Crippen molar-refractivity contribution in [2.45, 2.75) is 19.4 Å². The molecule has 5 nitrogen and oxygen atoms in total. The third-order valence-electron chi connectivity index (χ3n) is 3.44. The van der Waals surface area contributed by atoms with Crippen LogP contribution >= 0.6 is 0 Å². The van der Waals surface area contributed by atoms with Gasteiger partial charge in [0, 0.05) is 6.42 Å². The van der Waals surface area contributed by atoms with E-state index in [1.54, 1.807) is 12.1 Å². The second-order valence-corrected chi connectivity index (χ2v) is 5.70. The molecule has 0 saturated carbocycles. The monoisotopic (exact) mass is 357 g/mol. The Labute approximate surface area is 140 Å². The molecular weight excluding hydrogens is 340 g/mol. The van der Waals surface area contributed by atoms with Crippen LogP contribution in [-0.2, 0) is 15.5 Å². The molecule has 2 rings (SSSR count).